The molecule has 1 fully saturated rings. The predicted octanol–water partition coefficient (Wildman–Crippen LogP) is 5.07. The fourth-order valence-corrected chi connectivity index (χ4v) is 5.23. The first-order valence-electron chi connectivity index (χ1n) is 10.8. The second-order valence-corrected chi connectivity index (χ2v) is 9.73. The molecule has 2 aromatic carbocycles. The van der Waals surface area contributed by atoms with E-state index in [1.807, 2.05) is 34.6 Å². The third-order valence-electron chi connectivity index (χ3n) is 6.58. The molecule has 2 aliphatic rings. The standard InChI is InChI=1S/C26H31N3O2/c1-14-10-16(3)21(17(4)11-14)28-23(30)25(8,9)24(31)29(26(28)20(7)27-26)22-18(5)12-15(2)13-19(22)6/h10-13H,1-9H3. The number of aliphatic imine (C=N–C) groups is 1. The molecule has 0 aliphatic carbocycles. The monoisotopic (exact) mass is 417 g/mol. The fraction of sp³-hybridized carbons (Fsp3) is 0.423. The van der Waals surface area contributed by atoms with Crippen LogP contribution in [0.15, 0.2) is 29.3 Å². The summed E-state index contributed by atoms with van der Waals surface area (Å²) >= 11 is 0. The van der Waals surface area contributed by atoms with Gasteiger partial charge in [0.2, 0.25) is 11.8 Å². The Balaban J connectivity index is 2.03. The number of benzene rings is 2. The first-order valence-corrected chi connectivity index (χ1v) is 10.8. The normalized spacial score (nSPS) is 19.2. The summed E-state index contributed by atoms with van der Waals surface area (Å²) in [5.74, 6) is -1.54. The van der Waals surface area contributed by atoms with Crippen molar-refractivity contribution in [1.29, 1.82) is 0 Å². The summed E-state index contributed by atoms with van der Waals surface area (Å²) in [4.78, 5) is 36.0. The van der Waals surface area contributed by atoms with Gasteiger partial charge < -0.3 is 0 Å². The Hall–Kier alpha value is -2.95. The SMILES string of the molecule is CC1=NC12N(c1c(C)cc(C)cc1C)C(=O)C(C)(C)C(=O)N2c1c(C)cc(C)cc1C. The number of carbonyl (C=O) groups is 2. The number of anilines is 2. The Morgan fingerprint density at radius 1 is 0.645 bits per heavy atom. The van der Waals surface area contributed by atoms with E-state index >= 15 is 0 Å². The van der Waals surface area contributed by atoms with Gasteiger partial charge in [0.1, 0.15) is 5.41 Å². The van der Waals surface area contributed by atoms with Gasteiger partial charge in [0, 0.05) is 0 Å². The van der Waals surface area contributed by atoms with Gasteiger partial charge in [0.05, 0.1) is 17.1 Å². The molecule has 2 aliphatic heterocycles. The molecule has 2 amide bonds. The van der Waals surface area contributed by atoms with Crippen LogP contribution in [0.1, 0.15) is 54.2 Å². The number of aryl methyl sites for hydroxylation is 6. The molecule has 0 unspecified atom stereocenters. The van der Waals surface area contributed by atoms with Crippen LogP contribution >= 0.6 is 0 Å². The van der Waals surface area contributed by atoms with Gasteiger partial charge in [-0.25, -0.2) is 4.99 Å². The van der Waals surface area contributed by atoms with Gasteiger partial charge in [0.25, 0.3) is 5.79 Å². The van der Waals surface area contributed by atoms with Crippen LogP contribution in [0.2, 0.25) is 0 Å². The van der Waals surface area contributed by atoms with Crippen LogP contribution in [0.5, 0.6) is 0 Å². The van der Waals surface area contributed by atoms with Gasteiger partial charge in [-0.05, 0) is 84.6 Å². The summed E-state index contributed by atoms with van der Waals surface area (Å²) in [6.07, 6.45) is 0. The number of rotatable bonds is 2. The molecular weight excluding hydrogens is 386 g/mol. The summed E-state index contributed by atoms with van der Waals surface area (Å²) < 4.78 is 0. The average Bonchev–Trinajstić information content (AvgIpc) is 3.29. The van der Waals surface area contributed by atoms with Crippen LogP contribution in [0.3, 0.4) is 0 Å². The van der Waals surface area contributed by atoms with E-state index in [2.05, 4.69) is 38.1 Å². The van der Waals surface area contributed by atoms with Crippen molar-refractivity contribution >= 4 is 28.9 Å². The maximum absolute atomic E-state index is 13.9. The van der Waals surface area contributed by atoms with Crippen LogP contribution in [-0.2, 0) is 9.59 Å². The smallest absolute Gasteiger partial charge is 0.263 e. The highest BCUT2D eigenvalue weighted by atomic mass is 16.2. The number of amides is 2. The van der Waals surface area contributed by atoms with E-state index < -0.39 is 11.2 Å². The highest BCUT2D eigenvalue weighted by Gasteiger charge is 2.68. The zero-order valence-corrected chi connectivity index (χ0v) is 20.0. The number of hydrogen-bond acceptors (Lipinski definition) is 3. The van der Waals surface area contributed by atoms with Crippen molar-refractivity contribution in [2.75, 3.05) is 9.80 Å². The zero-order chi connectivity index (χ0) is 23.0. The van der Waals surface area contributed by atoms with Gasteiger partial charge >= 0.3 is 0 Å². The summed E-state index contributed by atoms with van der Waals surface area (Å²) in [6.45, 7) is 17.5. The lowest BCUT2D eigenvalue weighted by atomic mass is 9.83. The Bertz CT molecular complexity index is 1060. The van der Waals surface area contributed by atoms with Crippen molar-refractivity contribution in [1.82, 2.24) is 0 Å². The minimum absolute atomic E-state index is 0.216. The molecule has 0 atom stereocenters. The molecule has 4 rings (SSSR count). The van der Waals surface area contributed by atoms with Gasteiger partial charge in [-0.2, -0.15) is 0 Å². The van der Waals surface area contributed by atoms with E-state index in [9.17, 15) is 9.59 Å². The molecule has 0 aromatic heterocycles. The molecule has 1 spiro atoms. The van der Waals surface area contributed by atoms with E-state index in [0.717, 1.165) is 50.5 Å². The molecule has 162 valence electrons. The molecule has 2 aromatic rings. The largest absolute Gasteiger partial charge is 0.273 e. The number of hydrogen-bond donors (Lipinski definition) is 0. The van der Waals surface area contributed by atoms with Crippen LogP contribution in [-0.4, -0.2) is 23.3 Å². The molecule has 0 bridgehead atoms. The lowest BCUT2D eigenvalue weighted by molar-refractivity contribution is -0.141. The molecule has 1 saturated heterocycles. The fourth-order valence-electron chi connectivity index (χ4n) is 5.23. The first kappa shape index (κ1) is 21.3. The topological polar surface area (TPSA) is 53.0 Å². The molecule has 5 heteroatoms. The minimum atomic E-state index is -1.21. The van der Waals surface area contributed by atoms with Crippen molar-refractivity contribution < 1.29 is 9.59 Å². The minimum Gasteiger partial charge on any atom is -0.273 e. The second-order valence-electron chi connectivity index (χ2n) is 9.73. The average molecular weight is 418 g/mol. The number of nitrogens with zero attached hydrogens (tertiary/aromatic N) is 3. The van der Waals surface area contributed by atoms with Crippen molar-refractivity contribution in [2.45, 2.75) is 68.1 Å². The van der Waals surface area contributed by atoms with Crippen molar-refractivity contribution in [3.8, 4) is 0 Å². The number of carbonyl (C=O) groups excluding carboxylic acids is 2. The molecular formula is C26H31N3O2. The van der Waals surface area contributed by atoms with Gasteiger partial charge in [-0.15, -0.1) is 0 Å². The van der Waals surface area contributed by atoms with Gasteiger partial charge in [-0.3, -0.25) is 19.4 Å². The molecule has 31 heavy (non-hydrogen) atoms. The Kier molecular flexibility index (Phi) is 4.48. The molecule has 0 N–H and O–H groups in total. The van der Waals surface area contributed by atoms with Crippen molar-refractivity contribution in [3.63, 3.8) is 0 Å². The van der Waals surface area contributed by atoms with Crippen LogP contribution in [0.4, 0.5) is 11.4 Å². The Morgan fingerprint density at radius 2 is 0.935 bits per heavy atom. The van der Waals surface area contributed by atoms with E-state index in [-0.39, 0.29) is 11.8 Å². The van der Waals surface area contributed by atoms with Crippen molar-refractivity contribution in [2.24, 2.45) is 10.4 Å². The summed E-state index contributed by atoms with van der Waals surface area (Å²) in [7, 11) is 0. The van der Waals surface area contributed by atoms with Crippen LogP contribution in [0.25, 0.3) is 0 Å². The van der Waals surface area contributed by atoms with Crippen LogP contribution < -0.4 is 9.80 Å². The maximum atomic E-state index is 13.9. The third-order valence-corrected chi connectivity index (χ3v) is 6.58. The highest BCUT2D eigenvalue weighted by molar-refractivity contribution is 6.29. The molecule has 0 saturated carbocycles. The quantitative estimate of drug-likeness (QED) is 0.641. The van der Waals surface area contributed by atoms with Crippen LogP contribution in [0, 0.1) is 47.0 Å². The highest BCUT2D eigenvalue weighted by Crippen LogP contribution is 2.51. The molecule has 0 radical (unpaired) electrons. The maximum Gasteiger partial charge on any atom is 0.263 e. The predicted molar refractivity (Wildman–Crippen MR) is 126 cm³/mol. The van der Waals surface area contributed by atoms with E-state index in [0.29, 0.717) is 0 Å². The first-order chi connectivity index (χ1) is 14.3. The summed E-state index contributed by atoms with van der Waals surface area (Å²) in [5, 5.41) is 0. The zero-order valence-electron chi connectivity index (χ0n) is 20.0. The van der Waals surface area contributed by atoms with Crippen molar-refractivity contribution in [3.05, 3.63) is 57.6 Å². The van der Waals surface area contributed by atoms with E-state index in [4.69, 9.17) is 4.99 Å². The van der Waals surface area contributed by atoms with Gasteiger partial charge in [0.15, 0.2) is 0 Å². The molecule has 2 heterocycles. The summed E-state index contributed by atoms with van der Waals surface area (Å²) in [6, 6.07) is 8.32. The molecule has 5 nitrogen and oxygen atoms in total. The van der Waals surface area contributed by atoms with E-state index in [1.165, 1.54) is 0 Å². The van der Waals surface area contributed by atoms with Gasteiger partial charge in [-0.1, -0.05) is 35.4 Å². The third kappa shape index (κ3) is 2.79. The lowest BCUT2D eigenvalue weighted by Gasteiger charge is -2.50. The van der Waals surface area contributed by atoms with E-state index in [1.54, 1.807) is 23.6 Å². The second kappa shape index (κ2) is 6.52. The lowest BCUT2D eigenvalue weighted by Crippen LogP contribution is -2.71. The Morgan fingerprint density at radius 3 is 1.19 bits per heavy atom. The Labute approximate surface area is 184 Å². The summed E-state index contributed by atoms with van der Waals surface area (Å²) in [5.41, 5.74) is 7.52.